The number of hydrogen-bond donors (Lipinski definition) is 2. The molecule has 1 atom stereocenters. The lowest BCUT2D eigenvalue weighted by Gasteiger charge is -2.32. The number of hydrogen-bond acceptors (Lipinski definition) is 4. The summed E-state index contributed by atoms with van der Waals surface area (Å²) in [6.07, 6.45) is 2.87. The molecule has 1 aliphatic rings. The van der Waals surface area contributed by atoms with Crippen LogP contribution in [0.5, 0.6) is 0 Å². The summed E-state index contributed by atoms with van der Waals surface area (Å²) in [5.74, 6) is 1.51. The zero-order valence-electron chi connectivity index (χ0n) is 16.9. The first-order chi connectivity index (χ1) is 13.6. The number of nitrogens with one attached hydrogen (secondary N) is 2. The SMILES string of the molecule is CN=C(NCCc1ccc(F)cc1)NCc1ccnc(N2CCOC(C)C2)c1.I. The van der Waals surface area contributed by atoms with Gasteiger partial charge in [0.15, 0.2) is 5.96 Å². The zero-order chi connectivity index (χ0) is 19.8. The molecule has 29 heavy (non-hydrogen) atoms. The quantitative estimate of drug-likeness (QED) is 0.354. The Labute approximate surface area is 189 Å². The lowest BCUT2D eigenvalue weighted by molar-refractivity contribution is 0.0529. The highest BCUT2D eigenvalue weighted by Gasteiger charge is 2.18. The molecule has 1 aromatic heterocycles. The van der Waals surface area contributed by atoms with Crippen LogP contribution >= 0.6 is 24.0 Å². The second kappa shape index (κ2) is 11.9. The third kappa shape index (κ3) is 7.43. The van der Waals surface area contributed by atoms with Gasteiger partial charge in [0, 0.05) is 39.4 Å². The molecule has 0 spiro atoms. The van der Waals surface area contributed by atoms with Crippen LogP contribution in [0.25, 0.3) is 0 Å². The van der Waals surface area contributed by atoms with Crippen molar-refractivity contribution in [3.63, 3.8) is 0 Å². The Balaban J connectivity index is 0.00000300. The molecule has 1 aromatic carbocycles. The Hall–Kier alpha value is -1.94. The number of nitrogens with zero attached hydrogens (tertiary/aromatic N) is 3. The smallest absolute Gasteiger partial charge is 0.191 e. The molecule has 8 heteroatoms. The van der Waals surface area contributed by atoms with E-state index in [9.17, 15) is 4.39 Å². The van der Waals surface area contributed by atoms with Gasteiger partial charge in [-0.25, -0.2) is 9.37 Å². The minimum absolute atomic E-state index is 0. The summed E-state index contributed by atoms with van der Waals surface area (Å²) in [7, 11) is 1.75. The molecule has 1 unspecified atom stereocenters. The molecule has 158 valence electrons. The van der Waals surface area contributed by atoms with E-state index in [1.807, 2.05) is 12.3 Å². The number of halogens is 2. The third-order valence-corrected chi connectivity index (χ3v) is 4.68. The predicted molar refractivity (Wildman–Crippen MR) is 126 cm³/mol. The number of rotatable bonds is 6. The van der Waals surface area contributed by atoms with Crippen LogP contribution < -0.4 is 15.5 Å². The van der Waals surface area contributed by atoms with E-state index in [1.165, 1.54) is 12.1 Å². The van der Waals surface area contributed by atoms with Crippen LogP contribution in [0.4, 0.5) is 10.2 Å². The average Bonchev–Trinajstić information content (AvgIpc) is 2.72. The highest BCUT2D eigenvalue weighted by Crippen LogP contribution is 2.16. The van der Waals surface area contributed by atoms with Crippen LogP contribution in [-0.2, 0) is 17.7 Å². The van der Waals surface area contributed by atoms with Gasteiger partial charge < -0.3 is 20.3 Å². The summed E-state index contributed by atoms with van der Waals surface area (Å²) >= 11 is 0. The van der Waals surface area contributed by atoms with Gasteiger partial charge in [-0.15, -0.1) is 24.0 Å². The van der Waals surface area contributed by atoms with Crippen molar-refractivity contribution in [1.29, 1.82) is 0 Å². The van der Waals surface area contributed by atoms with Crippen molar-refractivity contribution >= 4 is 35.8 Å². The van der Waals surface area contributed by atoms with Gasteiger partial charge in [0.25, 0.3) is 0 Å². The minimum Gasteiger partial charge on any atom is -0.375 e. The monoisotopic (exact) mass is 513 g/mol. The number of aliphatic imine (C=N–C) groups is 1. The fraction of sp³-hybridized carbons (Fsp3) is 0.429. The Morgan fingerprint density at radius 3 is 2.76 bits per heavy atom. The Bertz CT molecular complexity index is 787. The van der Waals surface area contributed by atoms with Gasteiger partial charge in [0.1, 0.15) is 11.6 Å². The van der Waals surface area contributed by atoms with Gasteiger partial charge in [0.2, 0.25) is 0 Å². The third-order valence-electron chi connectivity index (χ3n) is 4.68. The Kier molecular flexibility index (Phi) is 9.59. The summed E-state index contributed by atoms with van der Waals surface area (Å²) in [5, 5.41) is 6.62. The van der Waals surface area contributed by atoms with Gasteiger partial charge in [-0.2, -0.15) is 0 Å². The highest BCUT2D eigenvalue weighted by molar-refractivity contribution is 14.0. The van der Waals surface area contributed by atoms with Crippen LogP contribution in [0.15, 0.2) is 47.6 Å². The standard InChI is InChI=1S/C21H28FN5O.HI/c1-16-15-27(11-12-28-16)20-13-18(8-9-24-20)14-26-21(23-2)25-10-7-17-3-5-19(22)6-4-17;/h3-6,8-9,13,16H,7,10-12,14-15H2,1-2H3,(H2,23,25,26);1H. The van der Waals surface area contributed by atoms with Crippen molar-refractivity contribution in [3.8, 4) is 0 Å². The van der Waals surface area contributed by atoms with Crippen molar-refractivity contribution in [2.24, 2.45) is 4.99 Å². The van der Waals surface area contributed by atoms with Crippen molar-refractivity contribution in [2.75, 3.05) is 38.2 Å². The van der Waals surface area contributed by atoms with Gasteiger partial charge in [0.05, 0.1) is 12.7 Å². The van der Waals surface area contributed by atoms with Crippen molar-refractivity contribution in [1.82, 2.24) is 15.6 Å². The maximum absolute atomic E-state index is 13.0. The number of ether oxygens (including phenoxy) is 1. The number of morpholine rings is 1. The van der Waals surface area contributed by atoms with E-state index in [2.05, 4.69) is 38.5 Å². The molecule has 1 saturated heterocycles. The number of benzene rings is 1. The van der Waals surface area contributed by atoms with E-state index in [4.69, 9.17) is 4.74 Å². The molecule has 0 aliphatic carbocycles. The summed E-state index contributed by atoms with van der Waals surface area (Å²) in [5.41, 5.74) is 2.23. The van der Waals surface area contributed by atoms with Gasteiger partial charge in [-0.3, -0.25) is 4.99 Å². The number of pyridine rings is 1. The molecule has 6 nitrogen and oxygen atoms in total. The van der Waals surface area contributed by atoms with E-state index in [0.29, 0.717) is 6.54 Å². The van der Waals surface area contributed by atoms with E-state index in [0.717, 1.165) is 55.6 Å². The van der Waals surface area contributed by atoms with E-state index < -0.39 is 0 Å². The van der Waals surface area contributed by atoms with E-state index >= 15 is 0 Å². The first-order valence-corrected chi connectivity index (χ1v) is 9.64. The molecule has 1 aliphatic heterocycles. The van der Waals surface area contributed by atoms with Crippen molar-refractivity contribution < 1.29 is 9.13 Å². The summed E-state index contributed by atoms with van der Waals surface area (Å²) in [4.78, 5) is 11.0. The summed E-state index contributed by atoms with van der Waals surface area (Å²) < 4.78 is 18.6. The van der Waals surface area contributed by atoms with Crippen LogP contribution in [0, 0.1) is 5.82 Å². The van der Waals surface area contributed by atoms with Gasteiger partial charge in [-0.1, -0.05) is 12.1 Å². The van der Waals surface area contributed by atoms with Gasteiger partial charge >= 0.3 is 0 Å². The van der Waals surface area contributed by atoms with Gasteiger partial charge in [-0.05, 0) is 48.7 Å². The molecular formula is C21H29FIN5O. The molecular weight excluding hydrogens is 484 g/mol. The zero-order valence-corrected chi connectivity index (χ0v) is 19.2. The molecule has 0 saturated carbocycles. The van der Waals surface area contributed by atoms with Crippen LogP contribution in [0.1, 0.15) is 18.1 Å². The fourth-order valence-corrected chi connectivity index (χ4v) is 3.15. The number of aromatic nitrogens is 1. The molecule has 0 bridgehead atoms. The maximum Gasteiger partial charge on any atom is 0.191 e. The molecule has 0 radical (unpaired) electrons. The lowest BCUT2D eigenvalue weighted by atomic mass is 10.1. The van der Waals surface area contributed by atoms with E-state index in [1.54, 1.807) is 19.2 Å². The highest BCUT2D eigenvalue weighted by atomic mass is 127. The Morgan fingerprint density at radius 1 is 1.24 bits per heavy atom. The summed E-state index contributed by atoms with van der Waals surface area (Å²) in [6, 6.07) is 10.7. The first kappa shape index (κ1) is 23.3. The fourth-order valence-electron chi connectivity index (χ4n) is 3.15. The molecule has 2 N–H and O–H groups in total. The van der Waals surface area contributed by atoms with Crippen LogP contribution in [-0.4, -0.2) is 50.3 Å². The lowest BCUT2D eigenvalue weighted by Crippen LogP contribution is -2.41. The largest absolute Gasteiger partial charge is 0.375 e. The van der Waals surface area contributed by atoms with Crippen LogP contribution in [0.2, 0.25) is 0 Å². The second-order valence-electron chi connectivity index (χ2n) is 6.88. The van der Waals surface area contributed by atoms with Crippen molar-refractivity contribution in [3.05, 3.63) is 59.5 Å². The summed E-state index contributed by atoms with van der Waals surface area (Å²) in [6.45, 7) is 5.91. The molecule has 3 rings (SSSR count). The van der Waals surface area contributed by atoms with E-state index in [-0.39, 0.29) is 35.9 Å². The Morgan fingerprint density at radius 2 is 2.03 bits per heavy atom. The normalized spacial score (nSPS) is 16.9. The first-order valence-electron chi connectivity index (χ1n) is 9.64. The van der Waals surface area contributed by atoms with Crippen LogP contribution in [0.3, 0.4) is 0 Å². The topological polar surface area (TPSA) is 61.8 Å². The average molecular weight is 513 g/mol. The van der Waals surface area contributed by atoms with Crippen molar-refractivity contribution in [2.45, 2.75) is 26.0 Å². The number of guanidine groups is 1. The molecule has 2 heterocycles. The number of anilines is 1. The molecule has 0 amide bonds. The maximum atomic E-state index is 13.0. The predicted octanol–water partition coefficient (Wildman–Crippen LogP) is 2.97. The second-order valence-corrected chi connectivity index (χ2v) is 6.88. The minimum atomic E-state index is -0.211. The molecule has 1 fully saturated rings. The molecule has 2 aromatic rings.